The molecule has 1 aromatic heterocycles. The molecule has 1 fully saturated rings. The molecule has 2 aliphatic rings. The molecule has 2 aromatic carbocycles. The number of hydrogen-bond donors (Lipinski definition) is 2. The summed E-state index contributed by atoms with van der Waals surface area (Å²) in [6.07, 6.45) is 9.57. The standard InChI is InChI=1S/C31H40N4O3S/c1-30(2)26-24(27(34-33-26)32-29(37)31(17-12-18-31)39(3,4)5)19-35(30)28(36)25(23-15-10-7-11-16-23)21-38-20-22-13-8-6-9-14-22/h6-11,13-16,25H,12,17-21H2,1-5H3,(H2,32,33,34,37)/t25-/m1/s1. The first-order valence-electron chi connectivity index (χ1n) is 13.6. The van der Waals surface area contributed by atoms with Crippen molar-refractivity contribution in [3.63, 3.8) is 0 Å². The second-order valence-corrected chi connectivity index (χ2v) is 16.5. The van der Waals surface area contributed by atoms with Crippen LogP contribution in [0, 0.1) is 0 Å². The highest BCUT2D eigenvalue weighted by atomic mass is 32.3. The number of aromatic amines is 1. The fraction of sp³-hybridized carbons (Fsp3) is 0.452. The summed E-state index contributed by atoms with van der Waals surface area (Å²) in [5, 5.41) is 10.8. The van der Waals surface area contributed by atoms with Crippen LogP contribution >= 0.6 is 10.0 Å². The summed E-state index contributed by atoms with van der Waals surface area (Å²) in [5.41, 5.74) is 3.14. The van der Waals surface area contributed by atoms with Crippen LogP contribution in [-0.2, 0) is 33.0 Å². The minimum absolute atomic E-state index is 0.00395. The molecule has 208 valence electrons. The summed E-state index contributed by atoms with van der Waals surface area (Å²) in [5.74, 6) is 0.150. The number of H-pyrrole nitrogens is 1. The Morgan fingerprint density at radius 1 is 1.05 bits per heavy atom. The van der Waals surface area contributed by atoms with Gasteiger partial charge in [0, 0.05) is 5.56 Å². The van der Waals surface area contributed by atoms with Crippen molar-refractivity contribution in [2.45, 2.75) is 62.5 Å². The maximum Gasteiger partial charge on any atom is 0.240 e. The zero-order valence-electron chi connectivity index (χ0n) is 23.6. The van der Waals surface area contributed by atoms with Crippen LogP contribution in [0.3, 0.4) is 0 Å². The number of rotatable bonds is 9. The van der Waals surface area contributed by atoms with Crippen molar-refractivity contribution in [2.24, 2.45) is 0 Å². The molecule has 1 atom stereocenters. The van der Waals surface area contributed by atoms with Crippen LogP contribution in [0.1, 0.15) is 61.4 Å². The molecule has 1 saturated carbocycles. The molecule has 5 rings (SSSR count). The van der Waals surface area contributed by atoms with E-state index in [1.165, 1.54) is 0 Å². The Balaban J connectivity index is 1.36. The zero-order chi connectivity index (χ0) is 27.8. The number of nitrogens with one attached hydrogen (secondary N) is 2. The van der Waals surface area contributed by atoms with Gasteiger partial charge in [-0.05, 0) is 63.0 Å². The lowest BCUT2D eigenvalue weighted by Gasteiger charge is -2.53. The quantitative estimate of drug-likeness (QED) is 0.367. The summed E-state index contributed by atoms with van der Waals surface area (Å²) in [7, 11) is -1.09. The van der Waals surface area contributed by atoms with Crippen molar-refractivity contribution in [3.05, 3.63) is 83.0 Å². The van der Waals surface area contributed by atoms with Gasteiger partial charge in [-0.1, -0.05) is 60.7 Å². The van der Waals surface area contributed by atoms with Gasteiger partial charge in [-0.3, -0.25) is 14.7 Å². The Morgan fingerprint density at radius 3 is 2.28 bits per heavy atom. The van der Waals surface area contributed by atoms with Crippen LogP contribution in [0.5, 0.6) is 0 Å². The number of hydrogen-bond acceptors (Lipinski definition) is 4. The molecule has 1 aliphatic heterocycles. The van der Waals surface area contributed by atoms with Gasteiger partial charge in [0.1, 0.15) is 0 Å². The predicted octanol–water partition coefficient (Wildman–Crippen LogP) is 5.54. The van der Waals surface area contributed by atoms with E-state index in [2.05, 4.69) is 34.3 Å². The summed E-state index contributed by atoms with van der Waals surface area (Å²) >= 11 is 0. The first-order chi connectivity index (χ1) is 18.5. The number of nitrogens with zero attached hydrogens (tertiary/aromatic N) is 2. The highest BCUT2D eigenvalue weighted by molar-refractivity contribution is 8.33. The molecule has 39 heavy (non-hydrogen) atoms. The predicted molar refractivity (Wildman–Crippen MR) is 158 cm³/mol. The van der Waals surface area contributed by atoms with Crippen molar-refractivity contribution in [1.82, 2.24) is 15.1 Å². The number of benzene rings is 2. The summed E-state index contributed by atoms with van der Waals surface area (Å²) in [6, 6.07) is 19.8. The van der Waals surface area contributed by atoms with E-state index in [0.29, 0.717) is 19.0 Å². The number of carbonyl (C=O) groups is 2. The van der Waals surface area contributed by atoms with Crippen molar-refractivity contribution < 1.29 is 14.3 Å². The third-order valence-electron chi connectivity index (χ3n) is 8.61. The van der Waals surface area contributed by atoms with E-state index in [-0.39, 0.29) is 23.2 Å². The molecule has 3 aromatic rings. The van der Waals surface area contributed by atoms with E-state index in [1.807, 2.05) is 79.4 Å². The molecular formula is C31H40N4O3S. The van der Waals surface area contributed by atoms with E-state index in [9.17, 15) is 9.59 Å². The highest BCUT2D eigenvalue weighted by Crippen LogP contribution is 2.60. The average Bonchev–Trinajstić information content (AvgIpc) is 3.38. The molecule has 0 spiro atoms. The third kappa shape index (κ3) is 5.00. The lowest BCUT2D eigenvalue weighted by molar-refractivity contribution is -0.140. The van der Waals surface area contributed by atoms with Gasteiger partial charge >= 0.3 is 0 Å². The van der Waals surface area contributed by atoms with Gasteiger partial charge in [0.05, 0.1) is 41.7 Å². The fourth-order valence-corrected chi connectivity index (χ4v) is 7.98. The monoisotopic (exact) mass is 548 g/mol. The van der Waals surface area contributed by atoms with Gasteiger partial charge in [-0.2, -0.15) is 5.10 Å². The number of carbonyl (C=O) groups excluding carboxylic acids is 2. The molecule has 7 nitrogen and oxygen atoms in total. The average molecular weight is 549 g/mol. The first kappa shape index (κ1) is 27.5. The summed E-state index contributed by atoms with van der Waals surface area (Å²) in [6.45, 7) is 5.15. The van der Waals surface area contributed by atoms with Crippen LogP contribution in [0.15, 0.2) is 60.7 Å². The van der Waals surface area contributed by atoms with Gasteiger partial charge in [0.25, 0.3) is 0 Å². The Bertz CT molecular complexity index is 1330. The molecule has 0 radical (unpaired) electrons. The van der Waals surface area contributed by atoms with Crippen molar-refractivity contribution in [2.75, 3.05) is 30.7 Å². The van der Waals surface area contributed by atoms with Crippen LogP contribution < -0.4 is 5.32 Å². The number of anilines is 1. The molecule has 2 N–H and O–H groups in total. The Labute approximate surface area is 233 Å². The maximum absolute atomic E-state index is 14.2. The second-order valence-electron chi connectivity index (χ2n) is 12.0. The molecule has 1 aliphatic carbocycles. The number of aromatic nitrogens is 2. The van der Waals surface area contributed by atoms with Crippen molar-refractivity contribution >= 4 is 27.7 Å². The number of fused-ring (bicyclic) bond motifs is 1. The summed E-state index contributed by atoms with van der Waals surface area (Å²) in [4.78, 5) is 29.6. The van der Waals surface area contributed by atoms with E-state index >= 15 is 0 Å². The van der Waals surface area contributed by atoms with E-state index in [0.717, 1.165) is 41.6 Å². The molecular weight excluding hydrogens is 508 g/mol. The van der Waals surface area contributed by atoms with E-state index in [1.54, 1.807) is 0 Å². The lowest BCUT2D eigenvalue weighted by Crippen LogP contribution is -2.51. The fourth-order valence-electron chi connectivity index (χ4n) is 5.86. The normalized spacial score (nSPS) is 18.6. The van der Waals surface area contributed by atoms with E-state index < -0.39 is 21.5 Å². The van der Waals surface area contributed by atoms with Crippen molar-refractivity contribution in [1.29, 1.82) is 0 Å². The maximum atomic E-state index is 14.2. The first-order valence-corrected chi connectivity index (χ1v) is 16.5. The van der Waals surface area contributed by atoms with Crippen LogP contribution in [0.4, 0.5) is 5.82 Å². The zero-order valence-corrected chi connectivity index (χ0v) is 24.4. The lowest BCUT2D eigenvalue weighted by atomic mass is 9.83. The number of amides is 2. The van der Waals surface area contributed by atoms with Crippen LogP contribution in [0.25, 0.3) is 0 Å². The number of ether oxygens (including phenoxy) is 1. The van der Waals surface area contributed by atoms with Gasteiger partial charge in [0.2, 0.25) is 11.8 Å². The molecule has 8 heteroatoms. The Kier molecular flexibility index (Phi) is 7.37. The molecule has 2 heterocycles. The van der Waals surface area contributed by atoms with Crippen LogP contribution in [0.2, 0.25) is 0 Å². The van der Waals surface area contributed by atoms with Gasteiger partial charge < -0.3 is 15.0 Å². The minimum atomic E-state index is -1.09. The van der Waals surface area contributed by atoms with Crippen LogP contribution in [-0.4, -0.2) is 57.0 Å². The van der Waals surface area contributed by atoms with E-state index in [4.69, 9.17) is 4.74 Å². The highest BCUT2D eigenvalue weighted by Gasteiger charge is 2.51. The molecule has 0 unspecified atom stereocenters. The molecule has 0 bridgehead atoms. The Morgan fingerprint density at radius 2 is 1.69 bits per heavy atom. The molecule has 0 saturated heterocycles. The Hall–Kier alpha value is -3.10. The molecule has 2 amide bonds. The SMILES string of the molecule is CC1(C)c2[nH]nc(NC(=O)C3(S(C)(C)C)CCC3)c2CN1C(=O)[C@H](COCc1ccccc1)c1ccccc1. The van der Waals surface area contributed by atoms with Gasteiger partial charge in [-0.15, -0.1) is 0 Å². The van der Waals surface area contributed by atoms with Gasteiger partial charge in [0.15, 0.2) is 5.82 Å². The van der Waals surface area contributed by atoms with Crippen molar-refractivity contribution in [3.8, 4) is 0 Å². The summed E-state index contributed by atoms with van der Waals surface area (Å²) < 4.78 is 5.78. The topological polar surface area (TPSA) is 87.3 Å². The largest absolute Gasteiger partial charge is 0.376 e. The third-order valence-corrected chi connectivity index (χ3v) is 11.5. The second kappa shape index (κ2) is 10.5. The minimum Gasteiger partial charge on any atom is -0.376 e. The smallest absolute Gasteiger partial charge is 0.240 e. The van der Waals surface area contributed by atoms with Gasteiger partial charge in [-0.25, -0.2) is 10.0 Å².